The highest BCUT2D eigenvalue weighted by Crippen LogP contribution is 2.34. The van der Waals surface area contributed by atoms with Gasteiger partial charge in [-0.3, -0.25) is 10.3 Å². The van der Waals surface area contributed by atoms with Gasteiger partial charge in [0.1, 0.15) is 5.82 Å². The third kappa shape index (κ3) is 4.30. The van der Waals surface area contributed by atoms with Crippen LogP contribution >= 0.6 is 11.3 Å². The summed E-state index contributed by atoms with van der Waals surface area (Å²) in [5.41, 5.74) is 2.47. The molecule has 8 heteroatoms. The Morgan fingerprint density at radius 3 is 2.72 bits per heavy atom. The molecule has 0 aliphatic rings. The number of hydrogen-bond acceptors (Lipinski definition) is 7. The molecule has 25 heavy (non-hydrogen) atoms. The van der Waals surface area contributed by atoms with Gasteiger partial charge in [0.05, 0.1) is 16.4 Å². The Bertz CT molecular complexity index is 910. The number of carbonyl (C=O) groups is 1. The number of amides is 1. The topological polar surface area (TPSA) is 89.0 Å². The Balaban J connectivity index is 1.74. The van der Waals surface area contributed by atoms with E-state index in [2.05, 4.69) is 25.6 Å². The van der Waals surface area contributed by atoms with Gasteiger partial charge >= 0.3 is 6.09 Å². The quantitative estimate of drug-likeness (QED) is 0.728. The Labute approximate surface area is 149 Å². The van der Waals surface area contributed by atoms with E-state index in [1.807, 2.05) is 45.0 Å². The number of pyridine rings is 2. The molecule has 2 N–H and O–H groups in total. The first kappa shape index (κ1) is 16.8. The van der Waals surface area contributed by atoms with Crippen LogP contribution in [-0.4, -0.2) is 21.0 Å². The first-order valence-electron chi connectivity index (χ1n) is 7.60. The number of aromatic nitrogens is 3. The second-order valence-electron chi connectivity index (χ2n) is 5.31. The van der Waals surface area contributed by atoms with Crippen LogP contribution in [0.25, 0.3) is 0 Å². The number of ether oxygens (including phenoxy) is 1. The van der Waals surface area contributed by atoms with E-state index in [0.717, 1.165) is 22.1 Å². The summed E-state index contributed by atoms with van der Waals surface area (Å²) in [6, 6.07) is 9.08. The smallest absolute Gasteiger partial charge is 0.388 e. The minimum Gasteiger partial charge on any atom is -0.388 e. The first-order chi connectivity index (χ1) is 12.0. The minimum absolute atomic E-state index is 0.218. The number of anilines is 3. The zero-order chi connectivity index (χ0) is 17.8. The normalized spacial score (nSPS) is 10.4. The third-order valence-corrected chi connectivity index (χ3v) is 4.13. The van der Waals surface area contributed by atoms with Crippen LogP contribution in [0.2, 0.25) is 0 Å². The molecule has 0 saturated heterocycles. The fourth-order valence-electron chi connectivity index (χ4n) is 2.13. The molecule has 0 bridgehead atoms. The Hall–Kier alpha value is -3.00. The average molecular weight is 355 g/mol. The number of rotatable bonds is 4. The Morgan fingerprint density at radius 1 is 1.12 bits per heavy atom. The van der Waals surface area contributed by atoms with Gasteiger partial charge < -0.3 is 10.1 Å². The van der Waals surface area contributed by atoms with E-state index in [9.17, 15) is 4.79 Å². The molecule has 3 rings (SSSR count). The van der Waals surface area contributed by atoms with Crippen molar-refractivity contribution in [2.45, 2.75) is 20.8 Å². The summed E-state index contributed by atoms with van der Waals surface area (Å²) in [7, 11) is 0. The van der Waals surface area contributed by atoms with E-state index < -0.39 is 6.09 Å². The maximum Gasteiger partial charge on any atom is 0.419 e. The lowest BCUT2D eigenvalue weighted by Crippen LogP contribution is -2.18. The molecular formula is C17H17N5O2S. The molecular weight excluding hydrogens is 338 g/mol. The predicted molar refractivity (Wildman–Crippen MR) is 97.7 cm³/mol. The van der Waals surface area contributed by atoms with E-state index in [4.69, 9.17) is 4.74 Å². The monoisotopic (exact) mass is 355 g/mol. The highest BCUT2D eigenvalue weighted by molar-refractivity contribution is 7.16. The van der Waals surface area contributed by atoms with E-state index in [-0.39, 0.29) is 5.88 Å². The zero-order valence-corrected chi connectivity index (χ0v) is 14.8. The van der Waals surface area contributed by atoms with Gasteiger partial charge in [0.2, 0.25) is 0 Å². The SMILES string of the molecule is Cc1cccc(NC(=O)Oc2nc(C)sc2Nc2cccnc2C)n1. The molecule has 0 fully saturated rings. The highest BCUT2D eigenvalue weighted by atomic mass is 32.1. The number of thiazole rings is 1. The van der Waals surface area contributed by atoms with Gasteiger partial charge in [0.25, 0.3) is 5.88 Å². The summed E-state index contributed by atoms with van der Waals surface area (Å²) >= 11 is 1.40. The van der Waals surface area contributed by atoms with Crippen LogP contribution in [0.1, 0.15) is 16.4 Å². The van der Waals surface area contributed by atoms with Crippen molar-refractivity contribution in [3.8, 4) is 5.88 Å². The van der Waals surface area contributed by atoms with Gasteiger partial charge in [0, 0.05) is 11.9 Å². The standard InChI is InChI=1S/C17H17N5O2S/c1-10-6-4-8-14(19-10)22-17(23)24-15-16(25-12(3)20-15)21-13-7-5-9-18-11(13)2/h4-9,21H,1-3H3,(H,19,22,23). The molecule has 0 unspecified atom stereocenters. The number of nitrogens with one attached hydrogen (secondary N) is 2. The lowest BCUT2D eigenvalue weighted by Gasteiger charge is -2.09. The third-order valence-electron chi connectivity index (χ3n) is 3.27. The molecule has 0 atom stereocenters. The van der Waals surface area contributed by atoms with E-state index in [0.29, 0.717) is 10.8 Å². The van der Waals surface area contributed by atoms with Crippen molar-refractivity contribution in [1.29, 1.82) is 0 Å². The predicted octanol–water partition coefficient (Wildman–Crippen LogP) is 4.21. The summed E-state index contributed by atoms with van der Waals surface area (Å²) in [5, 5.41) is 7.23. The largest absolute Gasteiger partial charge is 0.419 e. The molecule has 128 valence electrons. The van der Waals surface area contributed by atoms with Crippen molar-refractivity contribution in [1.82, 2.24) is 15.0 Å². The summed E-state index contributed by atoms with van der Waals surface area (Å²) in [6.45, 7) is 5.59. The molecule has 0 aliphatic carbocycles. The summed E-state index contributed by atoms with van der Waals surface area (Å²) in [5.74, 6) is 0.644. The van der Waals surface area contributed by atoms with Crippen molar-refractivity contribution in [3.63, 3.8) is 0 Å². The lowest BCUT2D eigenvalue weighted by atomic mass is 10.3. The van der Waals surface area contributed by atoms with Crippen molar-refractivity contribution in [3.05, 3.63) is 52.9 Å². The maximum atomic E-state index is 12.1. The van der Waals surface area contributed by atoms with E-state index >= 15 is 0 Å². The second-order valence-corrected chi connectivity index (χ2v) is 6.51. The van der Waals surface area contributed by atoms with Crippen LogP contribution < -0.4 is 15.4 Å². The fraction of sp³-hybridized carbons (Fsp3) is 0.176. The molecule has 1 amide bonds. The van der Waals surface area contributed by atoms with Gasteiger partial charge in [-0.1, -0.05) is 17.4 Å². The van der Waals surface area contributed by atoms with E-state index in [1.165, 1.54) is 11.3 Å². The van der Waals surface area contributed by atoms with Crippen molar-refractivity contribution < 1.29 is 9.53 Å². The molecule has 0 aromatic carbocycles. The number of nitrogens with zero attached hydrogens (tertiary/aromatic N) is 3. The van der Waals surface area contributed by atoms with Gasteiger partial charge in [-0.2, -0.15) is 0 Å². The number of hydrogen-bond donors (Lipinski definition) is 2. The Morgan fingerprint density at radius 2 is 1.96 bits per heavy atom. The van der Waals surface area contributed by atoms with Gasteiger partial charge in [0.15, 0.2) is 5.00 Å². The molecule has 7 nitrogen and oxygen atoms in total. The van der Waals surface area contributed by atoms with Crippen LogP contribution in [0, 0.1) is 20.8 Å². The molecule has 0 aliphatic heterocycles. The summed E-state index contributed by atoms with van der Waals surface area (Å²) < 4.78 is 5.35. The van der Waals surface area contributed by atoms with Crippen LogP contribution in [-0.2, 0) is 0 Å². The second kappa shape index (κ2) is 7.27. The zero-order valence-electron chi connectivity index (χ0n) is 14.0. The van der Waals surface area contributed by atoms with Crippen LogP contribution in [0.4, 0.5) is 21.3 Å². The minimum atomic E-state index is -0.644. The maximum absolute atomic E-state index is 12.1. The van der Waals surface area contributed by atoms with Crippen LogP contribution in [0.3, 0.4) is 0 Å². The lowest BCUT2D eigenvalue weighted by molar-refractivity contribution is 0.213. The number of aryl methyl sites for hydroxylation is 3. The molecule has 3 aromatic rings. The molecule has 3 aromatic heterocycles. The summed E-state index contributed by atoms with van der Waals surface area (Å²) in [4.78, 5) is 24.8. The van der Waals surface area contributed by atoms with E-state index in [1.54, 1.807) is 12.3 Å². The van der Waals surface area contributed by atoms with Gasteiger partial charge in [-0.25, -0.2) is 14.8 Å². The highest BCUT2D eigenvalue weighted by Gasteiger charge is 2.16. The van der Waals surface area contributed by atoms with Crippen molar-refractivity contribution >= 4 is 33.9 Å². The van der Waals surface area contributed by atoms with Crippen molar-refractivity contribution in [2.75, 3.05) is 10.6 Å². The van der Waals surface area contributed by atoms with Crippen molar-refractivity contribution in [2.24, 2.45) is 0 Å². The van der Waals surface area contributed by atoms with Gasteiger partial charge in [-0.05, 0) is 45.0 Å². The average Bonchev–Trinajstić information content (AvgIpc) is 2.88. The Kier molecular flexibility index (Phi) is 4.90. The fourth-order valence-corrected chi connectivity index (χ4v) is 2.88. The molecule has 0 saturated carbocycles. The van der Waals surface area contributed by atoms with Crippen LogP contribution in [0.15, 0.2) is 36.5 Å². The molecule has 3 heterocycles. The van der Waals surface area contributed by atoms with Crippen LogP contribution in [0.5, 0.6) is 5.88 Å². The first-order valence-corrected chi connectivity index (χ1v) is 8.41. The molecule has 0 radical (unpaired) electrons. The number of carbonyl (C=O) groups excluding carboxylic acids is 1. The molecule has 0 spiro atoms. The van der Waals surface area contributed by atoms with Gasteiger partial charge in [-0.15, -0.1) is 0 Å². The summed E-state index contributed by atoms with van der Waals surface area (Å²) in [6.07, 6.45) is 1.08.